The van der Waals surface area contributed by atoms with Gasteiger partial charge in [0.15, 0.2) is 0 Å². The Labute approximate surface area is 135 Å². The lowest BCUT2D eigenvalue weighted by Crippen LogP contribution is -2.45. The SMILES string of the molecule is CC1CCN(CN2C(=O)[C@H](C)N(c3ccc(F)cc3)C2=O)CC1. The Morgan fingerprint density at radius 1 is 1.09 bits per heavy atom. The maximum absolute atomic E-state index is 13.1. The molecule has 124 valence electrons. The van der Waals surface area contributed by atoms with E-state index in [0.717, 1.165) is 25.9 Å². The van der Waals surface area contributed by atoms with Crippen molar-refractivity contribution in [1.82, 2.24) is 9.80 Å². The third-order valence-corrected chi connectivity index (χ3v) is 4.77. The predicted octanol–water partition coefficient (Wildman–Crippen LogP) is 2.67. The lowest BCUT2D eigenvalue weighted by atomic mass is 10.00. The number of hydrogen-bond acceptors (Lipinski definition) is 3. The van der Waals surface area contributed by atoms with Crippen LogP contribution in [0, 0.1) is 11.7 Å². The Balaban J connectivity index is 1.74. The number of benzene rings is 1. The third kappa shape index (κ3) is 3.08. The number of rotatable bonds is 3. The number of nitrogens with zero attached hydrogens (tertiary/aromatic N) is 3. The monoisotopic (exact) mass is 319 g/mol. The first-order chi connectivity index (χ1) is 11.0. The second kappa shape index (κ2) is 6.28. The quantitative estimate of drug-likeness (QED) is 0.805. The minimum absolute atomic E-state index is 0.196. The zero-order chi connectivity index (χ0) is 16.6. The lowest BCUT2D eigenvalue weighted by molar-refractivity contribution is -0.128. The van der Waals surface area contributed by atoms with Crippen molar-refractivity contribution in [2.45, 2.75) is 32.7 Å². The molecule has 1 atom stereocenters. The van der Waals surface area contributed by atoms with Crippen LogP contribution in [0.1, 0.15) is 26.7 Å². The summed E-state index contributed by atoms with van der Waals surface area (Å²) in [6.07, 6.45) is 2.18. The maximum Gasteiger partial charge on any atom is 0.333 e. The van der Waals surface area contributed by atoms with Gasteiger partial charge in [0, 0.05) is 18.8 Å². The smallest absolute Gasteiger partial charge is 0.285 e. The van der Waals surface area contributed by atoms with Crippen molar-refractivity contribution in [2.24, 2.45) is 5.92 Å². The van der Waals surface area contributed by atoms with Gasteiger partial charge in [0.1, 0.15) is 11.9 Å². The first kappa shape index (κ1) is 15.9. The highest BCUT2D eigenvalue weighted by Crippen LogP contribution is 2.27. The standard InChI is InChI=1S/C17H22FN3O2/c1-12-7-9-19(10-8-12)11-20-16(22)13(2)21(17(20)23)15-5-3-14(18)4-6-15/h3-6,12-13H,7-11H2,1-2H3/t13-/m0/s1. The average molecular weight is 319 g/mol. The summed E-state index contributed by atoms with van der Waals surface area (Å²) >= 11 is 0. The highest BCUT2D eigenvalue weighted by atomic mass is 19.1. The zero-order valence-electron chi connectivity index (χ0n) is 13.5. The first-order valence-corrected chi connectivity index (χ1v) is 8.10. The third-order valence-electron chi connectivity index (χ3n) is 4.77. The summed E-state index contributed by atoms with van der Waals surface area (Å²) in [6.45, 7) is 6.09. The second-order valence-electron chi connectivity index (χ2n) is 6.51. The van der Waals surface area contributed by atoms with Gasteiger partial charge in [-0.25, -0.2) is 14.1 Å². The van der Waals surface area contributed by atoms with Gasteiger partial charge in [-0.2, -0.15) is 0 Å². The molecule has 1 aromatic carbocycles. The van der Waals surface area contributed by atoms with Gasteiger partial charge < -0.3 is 0 Å². The van der Waals surface area contributed by atoms with E-state index >= 15 is 0 Å². The van der Waals surface area contributed by atoms with Crippen molar-refractivity contribution in [3.63, 3.8) is 0 Å². The number of halogens is 1. The van der Waals surface area contributed by atoms with Crippen LogP contribution in [-0.2, 0) is 4.79 Å². The molecule has 0 spiro atoms. The summed E-state index contributed by atoms with van der Waals surface area (Å²) in [5, 5.41) is 0. The minimum atomic E-state index is -0.559. The molecule has 2 saturated heterocycles. The molecule has 0 bridgehead atoms. The van der Waals surface area contributed by atoms with E-state index in [-0.39, 0.29) is 17.8 Å². The molecule has 5 nitrogen and oxygen atoms in total. The first-order valence-electron chi connectivity index (χ1n) is 8.10. The number of carbonyl (C=O) groups excluding carboxylic acids is 2. The normalized spacial score (nSPS) is 23.9. The van der Waals surface area contributed by atoms with Crippen LogP contribution in [0.25, 0.3) is 0 Å². The highest BCUT2D eigenvalue weighted by molar-refractivity contribution is 6.13. The largest absolute Gasteiger partial charge is 0.333 e. The molecule has 2 aliphatic heterocycles. The predicted molar refractivity (Wildman–Crippen MR) is 85.4 cm³/mol. The van der Waals surface area contributed by atoms with Gasteiger partial charge in [-0.05, 0) is 49.9 Å². The fourth-order valence-electron chi connectivity index (χ4n) is 3.20. The Hall–Kier alpha value is -1.95. The van der Waals surface area contributed by atoms with Crippen molar-refractivity contribution < 1.29 is 14.0 Å². The zero-order valence-corrected chi connectivity index (χ0v) is 13.5. The number of likely N-dealkylation sites (tertiary alicyclic amines) is 1. The van der Waals surface area contributed by atoms with Gasteiger partial charge in [-0.15, -0.1) is 0 Å². The molecule has 0 unspecified atom stereocenters. The summed E-state index contributed by atoms with van der Waals surface area (Å²) in [4.78, 5) is 30.0. The van der Waals surface area contributed by atoms with E-state index in [2.05, 4.69) is 11.8 Å². The minimum Gasteiger partial charge on any atom is -0.285 e. The average Bonchev–Trinajstić information content (AvgIpc) is 2.74. The molecule has 0 aromatic heterocycles. The number of carbonyl (C=O) groups is 2. The number of urea groups is 1. The molecular weight excluding hydrogens is 297 g/mol. The molecule has 3 amide bonds. The fourth-order valence-corrected chi connectivity index (χ4v) is 3.20. The molecule has 0 aliphatic carbocycles. The number of hydrogen-bond donors (Lipinski definition) is 0. The van der Waals surface area contributed by atoms with Crippen LogP contribution in [0.4, 0.5) is 14.9 Å². The molecule has 3 rings (SSSR count). The van der Waals surface area contributed by atoms with Crippen LogP contribution in [-0.4, -0.2) is 47.5 Å². The van der Waals surface area contributed by atoms with Crippen LogP contribution in [0.3, 0.4) is 0 Å². The summed E-state index contributed by atoms with van der Waals surface area (Å²) in [6, 6.07) is 4.78. The molecule has 2 aliphatic rings. The van der Waals surface area contributed by atoms with Crippen LogP contribution in [0.5, 0.6) is 0 Å². The van der Waals surface area contributed by atoms with E-state index in [9.17, 15) is 14.0 Å². The van der Waals surface area contributed by atoms with Gasteiger partial charge in [0.2, 0.25) is 0 Å². The van der Waals surface area contributed by atoms with Crippen LogP contribution in [0.15, 0.2) is 24.3 Å². The van der Waals surface area contributed by atoms with Crippen molar-refractivity contribution in [1.29, 1.82) is 0 Å². The molecule has 2 fully saturated rings. The molecule has 1 aromatic rings. The second-order valence-corrected chi connectivity index (χ2v) is 6.51. The van der Waals surface area contributed by atoms with E-state index < -0.39 is 6.04 Å². The van der Waals surface area contributed by atoms with Crippen molar-refractivity contribution in [2.75, 3.05) is 24.7 Å². The molecule has 0 N–H and O–H groups in total. The van der Waals surface area contributed by atoms with Gasteiger partial charge >= 0.3 is 6.03 Å². The van der Waals surface area contributed by atoms with E-state index in [4.69, 9.17) is 0 Å². The van der Waals surface area contributed by atoms with Crippen molar-refractivity contribution in [3.8, 4) is 0 Å². The topological polar surface area (TPSA) is 43.9 Å². The summed E-state index contributed by atoms with van der Waals surface area (Å²) in [7, 11) is 0. The Morgan fingerprint density at radius 2 is 1.70 bits per heavy atom. The highest BCUT2D eigenvalue weighted by Gasteiger charge is 2.43. The molecule has 0 saturated carbocycles. The molecule has 0 radical (unpaired) electrons. The Morgan fingerprint density at radius 3 is 2.30 bits per heavy atom. The van der Waals surface area contributed by atoms with Gasteiger partial charge in [-0.3, -0.25) is 14.6 Å². The Kier molecular flexibility index (Phi) is 4.35. The number of amides is 3. The van der Waals surface area contributed by atoms with E-state index in [1.54, 1.807) is 6.92 Å². The Bertz CT molecular complexity index is 596. The molecular formula is C17H22FN3O2. The summed E-state index contributed by atoms with van der Waals surface area (Å²) in [5.41, 5.74) is 0.548. The van der Waals surface area contributed by atoms with Crippen LogP contribution < -0.4 is 4.90 Å². The van der Waals surface area contributed by atoms with E-state index in [1.165, 1.54) is 34.1 Å². The van der Waals surface area contributed by atoms with Gasteiger partial charge in [0.25, 0.3) is 5.91 Å². The summed E-state index contributed by atoms with van der Waals surface area (Å²) < 4.78 is 13.1. The maximum atomic E-state index is 13.1. The van der Waals surface area contributed by atoms with E-state index in [0.29, 0.717) is 18.3 Å². The molecule has 23 heavy (non-hydrogen) atoms. The number of anilines is 1. The van der Waals surface area contributed by atoms with E-state index in [1.807, 2.05) is 0 Å². The van der Waals surface area contributed by atoms with Crippen LogP contribution in [0.2, 0.25) is 0 Å². The van der Waals surface area contributed by atoms with Crippen molar-refractivity contribution >= 4 is 17.6 Å². The fraction of sp³-hybridized carbons (Fsp3) is 0.529. The van der Waals surface area contributed by atoms with Gasteiger partial charge in [-0.1, -0.05) is 6.92 Å². The number of piperidine rings is 1. The summed E-state index contributed by atoms with van der Waals surface area (Å²) in [5.74, 6) is 0.141. The number of imide groups is 1. The molecule has 6 heteroatoms. The lowest BCUT2D eigenvalue weighted by Gasteiger charge is -2.32. The van der Waals surface area contributed by atoms with Crippen molar-refractivity contribution in [3.05, 3.63) is 30.1 Å². The van der Waals surface area contributed by atoms with Crippen LogP contribution >= 0.6 is 0 Å². The van der Waals surface area contributed by atoms with Gasteiger partial charge in [0.05, 0.1) is 6.67 Å². The molecule has 2 heterocycles.